The topological polar surface area (TPSA) is 90.1 Å². The van der Waals surface area contributed by atoms with Crippen LogP contribution < -0.4 is 10.6 Å². The van der Waals surface area contributed by atoms with E-state index in [-0.39, 0.29) is 23.7 Å². The molecule has 9 heteroatoms. The fourth-order valence-electron chi connectivity index (χ4n) is 5.11. The Morgan fingerprint density at radius 1 is 1.05 bits per heavy atom. The minimum atomic E-state index is -0.670. The number of carbonyl (C=O) groups is 2. The van der Waals surface area contributed by atoms with Crippen LogP contribution in [0.25, 0.3) is 22.5 Å². The molecule has 39 heavy (non-hydrogen) atoms. The summed E-state index contributed by atoms with van der Waals surface area (Å²) < 4.78 is 29.3. The van der Waals surface area contributed by atoms with Crippen molar-refractivity contribution in [3.05, 3.63) is 94.3 Å². The molecule has 3 N–H and O–H groups in total. The van der Waals surface area contributed by atoms with E-state index in [1.807, 2.05) is 6.92 Å². The molecule has 0 bridgehead atoms. The number of halogens is 2. The van der Waals surface area contributed by atoms with Gasteiger partial charge in [0.15, 0.2) is 0 Å². The highest BCUT2D eigenvalue weighted by Crippen LogP contribution is 2.37. The van der Waals surface area contributed by atoms with E-state index >= 15 is 4.39 Å². The number of carbonyl (C=O) groups excluding carboxylic acids is 2. The summed E-state index contributed by atoms with van der Waals surface area (Å²) in [6.07, 6.45) is 2.41. The van der Waals surface area contributed by atoms with E-state index in [4.69, 9.17) is 4.98 Å². The molecule has 0 saturated heterocycles. The number of H-pyrrole nitrogens is 1. The molecule has 6 rings (SSSR count). The number of amides is 2. The summed E-state index contributed by atoms with van der Waals surface area (Å²) in [6, 6.07) is 14.1. The predicted molar refractivity (Wildman–Crippen MR) is 144 cm³/mol. The number of aromatic amines is 1. The third-order valence-corrected chi connectivity index (χ3v) is 7.41. The summed E-state index contributed by atoms with van der Waals surface area (Å²) in [5.41, 5.74) is 4.65. The van der Waals surface area contributed by atoms with Crippen molar-refractivity contribution in [2.45, 2.75) is 38.9 Å². The molecule has 2 heterocycles. The average Bonchev–Trinajstić information content (AvgIpc) is 3.61. The average molecular weight is 528 g/mol. The highest BCUT2D eigenvalue weighted by Gasteiger charge is 2.30. The Bertz CT molecular complexity index is 1630. The monoisotopic (exact) mass is 527 g/mol. The van der Waals surface area contributed by atoms with Crippen LogP contribution >= 0.6 is 0 Å². The number of imidazole rings is 1. The normalized spacial score (nSPS) is 14.4. The summed E-state index contributed by atoms with van der Waals surface area (Å²) in [5, 5.41) is 5.40. The molecule has 0 radical (unpaired) electrons. The first kappa shape index (κ1) is 24.9. The zero-order valence-electron chi connectivity index (χ0n) is 21.6. The third-order valence-electron chi connectivity index (χ3n) is 7.41. The maximum absolute atomic E-state index is 15.4. The van der Waals surface area contributed by atoms with Crippen LogP contribution in [0.3, 0.4) is 0 Å². The standard InChI is InChI=1S/C30H27F2N5O2/c1-16-26(15-37(2)18-8-9-18)36-28(34-16)22-12-11-19(23-14-33-30(39)27(22)23)20-10-7-17(13-25(20)32)35-29(38)21-5-3-4-6-24(21)31/h3-7,10-13,18H,8-9,14-15H2,1-2H3,(H,33,39)(H,34,36)(H,35,38). The maximum Gasteiger partial charge on any atom is 0.258 e. The number of nitrogens with zero attached hydrogens (tertiary/aromatic N) is 2. The van der Waals surface area contributed by atoms with Crippen LogP contribution in [0.5, 0.6) is 0 Å². The van der Waals surface area contributed by atoms with Gasteiger partial charge in [0.2, 0.25) is 0 Å². The Balaban J connectivity index is 1.31. The smallest absolute Gasteiger partial charge is 0.258 e. The van der Waals surface area contributed by atoms with Crippen molar-refractivity contribution in [3.8, 4) is 22.5 Å². The van der Waals surface area contributed by atoms with E-state index < -0.39 is 17.5 Å². The van der Waals surface area contributed by atoms with Crippen LogP contribution in [-0.2, 0) is 13.1 Å². The lowest BCUT2D eigenvalue weighted by atomic mass is 9.92. The van der Waals surface area contributed by atoms with E-state index in [0.29, 0.717) is 39.7 Å². The van der Waals surface area contributed by atoms with E-state index in [0.717, 1.165) is 17.9 Å². The maximum atomic E-state index is 15.4. The molecule has 7 nitrogen and oxygen atoms in total. The quantitative estimate of drug-likeness (QED) is 0.299. The Labute approximate surface area is 224 Å². The van der Waals surface area contributed by atoms with Gasteiger partial charge in [-0.05, 0) is 74.3 Å². The highest BCUT2D eigenvalue weighted by atomic mass is 19.1. The molecule has 1 aliphatic heterocycles. The number of benzene rings is 3. The summed E-state index contributed by atoms with van der Waals surface area (Å²) >= 11 is 0. The molecule has 1 aliphatic carbocycles. The second kappa shape index (κ2) is 9.74. The Kier molecular flexibility index (Phi) is 6.23. The first-order valence-electron chi connectivity index (χ1n) is 12.9. The second-order valence-corrected chi connectivity index (χ2v) is 10.1. The number of hydrogen-bond acceptors (Lipinski definition) is 4. The first-order valence-corrected chi connectivity index (χ1v) is 12.9. The molecule has 3 aromatic carbocycles. The van der Waals surface area contributed by atoms with E-state index in [1.54, 1.807) is 30.3 Å². The van der Waals surface area contributed by atoms with Gasteiger partial charge < -0.3 is 15.6 Å². The molecule has 2 aliphatic rings. The van der Waals surface area contributed by atoms with E-state index in [1.165, 1.54) is 37.1 Å². The third kappa shape index (κ3) is 4.70. The molecular formula is C30H27F2N5O2. The molecule has 0 unspecified atom stereocenters. The zero-order valence-corrected chi connectivity index (χ0v) is 21.6. The number of fused-ring (bicyclic) bond motifs is 1. The SMILES string of the molecule is Cc1[nH]c(-c2ccc(-c3ccc(NC(=O)c4ccccc4F)cc3F)c3c2C(=O)NC3)nc1CN(C)C1CC1. The summed E-state index contributed by atoms with van der Waals surface area (Å²) in [6.45, 7) is 2.97. The number of aromatic nitrogens is 2. The van der Waals surface area contributed by atoms with Gasteiger partial charge in [-0.25, -0.2) is 13.8 Å². The van der Waals surface area contributed by atoms with Crippen molar-refractivity contribution in [2.75, 3.05) is 12.4 Å². The van der Waals surface area contributed by atoms with Gasteiger partial charge in [-0.3, -0.25) is 14.5 Å². The van der Waals surface area contributed by atoms with Crippen LogP contribution in [0.15, 0.2) is 54.6 Å². The van der Waals surface area contributed by atoms with Gasteiger partial charge in [-0.15, -0.1) is 0 Å². The Hall–Kier alpha value is -4.37. The molecule has 4 aromatic rings. The number of aryl methyl sites for hydroxylation is 1. The number of rotatable bonds is 7. The van der Waals surface area contributed by atoms with Crippen LogP contribution in [0.1, 0.15) is 50.5 Å². The van der Waals surface area contributed by atoms with Gasteiger partial charge in [-0.1, -0.05) is 18.2 Å². The molecular weight excluding hydrogens is 500 g/mol. The molecule has 1 saturated carbocycles. The zero-order chi connectivity index (χ0) is 27.3. The highest BCUT2D eigenvalue weighted by molar-refractivity contribution is 6.06. The second-order valence-electron chi connectivity index (χ2n) is 10.1. The van der Waals surface area contributed by atoms with Crippen molar-refractivity contribution in [3.63, 3.8) is 0 Å². The van der Waals surface area contributed by atoms with Gasteiger partial charge in [0, 0.05) is 41.6 Å². The molecule has 1 fully saturated rings. The van der Waals surface area contributed by atoms with Crippen molar-refractivity contribution < 1.29 is 18.4 Å². The summed E-state index contributed by atoms with van der Waals surface area (Å²) in [7, 11) is 2.09. The van der Waals surface area contributed by atoms with E-state index in [9.17, 15) is 14.0 Å². The molecule has 198 valence electrons. The fraction of sp³-hybridized carbons (Fsp3) is 0.233. The fourth-order valence-corrected chi connectivity index (χ4v) is 5.11. The largest absolute Gasteiger partial charge is 0.348 e. The van der Waals surface area contributed by atoms with Crippen LogP contribution in [-0.4, -0.2) is 39.8 Å². The predicted octanol–water partition coefficient (Wildman–Crippen LogP) is 5.42. The lowest BCUT2D eigenvalue weighted by Gasteiger charge is -2.14. The minimum Gasteiger partial charge on any atom is -0.348 e. The lowest BCUT2D eigenvalue weighted by Crippen LogP contribution is -2.20. The lowest BCUT2D eigenvalue weighted by molar-refractivity contribution is 0.0965. The number of nitrogens with one attached hydrogen (secondary N) is 3. The van der Waals surface area contributed by atoms with Gasteiger partial charge >= 0.3 is 0 Å². The molecule has 0 atom stereocenters. The summed E-state index contributed by atoms with van der Waals surface area (Å²) in [4.78, 5) is 35.8. The molecule has 0 spiro atoms. The van der Waals surface area contributed by atoms with Crippen molar-refractivity contribution in [1.29, 1.82) is 0 Å². The minimum absolute atomic E-state index is 0.129. The molecule has 2 amide bonds. The van der Waals surface area contributed by atoms with Crippen molar-refractivity contribution >= 4 is 17.5 Å². The van der Waals surface area contributed by atoms with Crippen molar-refractivity contribution in [1.82, 2.24) is 20.2 Å². The van der Waals surface area contributed by atoms with E-state index in [2.05, 4.69) is 27.6 Å². The Morgan fingerprint density at radius 2 is 1.79 bits per heavy atom. The van der Waals surface area contributed by atoms with Crippen molar-refractivity contribution in [2.24, 2.45) is 0 Å². The van der Waals surface area contributed by atoms with Gasteiger partial charge in [0.1, 0.15) is 17.5 Å². The van der Waals surface area contributed by atoms with Gasteiger partial charge in [0.25, 0.3) is 11.8 Å². The number of anilines is 1. The van der Waals surface area contributed by atoms with Crippen LogP contribution in [0.2, 0.25) is 0 Å². The summed E-state index contributed by atoms with van der Waals surface area (Å²) in [5.74, 6) is -1.53. The van der Waals surface area contributed by atoms with Gasteiger partial charge in [0.05, 0.1) is 16.8 Å². The van der Waals surface area contributed by atoms with Crippen LogP contribution in [0, 0.1) is 18.6 Å². The number of hydrogen-bond donors (Lipinski definition) is 3. The first-order chi connectivity index (χ1) is 18.8. The van der Waals surface area contributed by atoms with Gasteiger partial charge in [-0.2, -0.15) is 0 Å². The van der Waals surface area contributed by atoms with Crippen LogP contribution in [0.4, 0.5) is 14.5 Å². The molecule has 1 aromatic heterocycles. The Morgan fingerprint density at radius 3 is 2.54 bits per heavy atom.